The number of amidine groups is 1. The van der Waals surface area contributed by atoms with Gasteiger partial charge in [-0.2, -0.15) is 5.10 Å². The summed E-state index contributed by atoms with van der Waals surface area (Å²) >= 11 is 10.3. The molecule has 1 unspecified atom stereocenters. The van der Waals surface area contributed by atoms with Crippen LogP contribution in [0, 0.1) is 0 Å². The van der Waals surface area contributed by atoms with Gasteiger partial charge in [-0.25, -0.2) is 0 Å². The number of anilines is 1. The summed E-state index contributed by atoms with van der Waals surface area (Å²) in [7, 11) is 0. The minimum atomic E-state index is -0.577. The molecule has 1 heterocycles. The van der Waals surface area contributed by atoms with Crippen LogP contribution in [0.1, 0.15) is 12.0 Å². The number of halogens is 2. The van der Waals surface area contributed by atoms with Gasteiger partial charge in [0, 0.05) is 21.6 Å². The molecule has 1 fully saturated rings. The van der Waals surface area contributed by atoms with Crippen LogP contribution in [0.3, 0.4) is 0 Å². The molecule has 6 nitrogen and oxygen atoms in total. The van der Waals surface area contributed by atoms with E-state index in [0.717, 1.165) is 10.0 Å². The summed E-state index contributed by atoms with van der Waals surface area (Å²) < 4.78 is 0.917. The Labute approximate surface area is 173 Å². The van der Waals surface area contributed by atoms with Gasteiger partial charge >= 0.3 is 0 Å². The Balaban J connectivity index is 1.64. The number of hydrogen-bond donors (Lipinski definition) is 2. The summed E-state index contributed by atoms with van der Waals surface area (Å²) in [5.41, 5.74) is 1.48. The molecule has 0 spiro atoms. The summed E-state index contributed by atoms with van der Waals surface area (Å²) in [4.78, 5) is 24.3. The molecule has 2 N–H and O–H groups in total. The van der Waals surface area contributed by atoms with Gasteiger partial charge in [-0.15, -0.1) is 5.10 Å². The lowest BCUT2D eigenvalue weighted by atomic mass is 10.2. The third-order valence-electron chi connectivity index (χ3n) is 3.50. The normalized spacial score (nSPS) is 18.5. The smallest absolute Gasteiger partial charge is 0.238 e. The zero-order chi connectivity index (χ0) is 19.2. The lowest BCUT2D eigenvalue weighted by Crippen LogP contribution is -2.41. The van der Waals surface area contributed by atoms with Crippen LogP contribution in [0.25, 0.3) is 0 Å². The van der Waals surface area contributed by atoms with Crippen molar-refractivity contribution in [2.24, 2.45) is 10.2 Å². The molecule has 1 aliphatic heterocycles. The molecular formula is C18H14BrClN4O2S. The van der Waals surface area contributed by atoms with E-state index in [2.05, 4.69) is 36.8 Å². The van der Waals surface area contributed by atoms with E-state index in [9.17, 15) is 9.59 Å². The zero-order valence-electron chi connectivity index (χ0n) is 13.9. The number of nitrogens with one attached hydrogen (secondary N) is 2. The fourth-order valence-corrected chi connectivity index (χ4v) is 3.52. The van der Waals surface area contributed by atoms with Crippen LogP contribution < -0.4 is 10.6 Å². The first-order valence-corrected chi connectivity index (χ1v) is 9.94. The van der Waals surface area contributed by atoms with Gasteiger partial charge in [-0.1, -0.05) is 51.4 Å². The average molecular weight is 466 g/mol. The van der Waals surface area contributed by atoms with Crippen LogP contribution in [-0.2, 0) is 9.59 Å². The molecule has 0 bridgehead atoms. The standard InChI is InChI=1S/C18H14BrClN4O2S/c19-12-3-7-14(8-4-12)22-17(26)15-9-16(25)23-18(27-15)24-21-10-11-1-5-13(20)6-2-11/h1-8,10,15H,9H2,(H,22,26)(H,23,24,25)/b21-10+. The number of carbonyl (C=O) groups excluding carboxylic acids is 2. The summed E-state index contributed by atoms with van der Waals surface area (Å²) in [6.07, 6.45) is 1.62. The molecule has 138 valence electrons. The van der Waals surface area contributed by atoms with E-state index in [0.29, 0.717) is 10.7 Å². The fraction of sp³-hybridized carbons (Fsp3) is 0.111. The van der Waals surface area contributed by atoms with Crippen LogP contribution >= 0.6 is 39.3 Å². The van der Waals surface area contributed by atoms with Crippen molar-refractivity contribution in [3.63, 3.8) is 0 Å². The van der Waals surface area contributed by atoms with Crippen molar-refractivity contribution in [1.82, 2.24) is 5.32 Å². The summed E-state index contributed by atoms with van der Waals surface area (Å²) in [6, 6.07) is 14.3. The monoisotopic (exact) mass is 464 g/mol. The molecular weight excluding hydrogens is 452 g/mol. The SMILES string of the molecule is O=C1CC(C(=O)Nc2ccc(Br)cc2)S/C(=N/N=C/c2ccc(Cl)cc2)N1. The van der Waals surface area contributed by atoms with Crippen LogP contribution in [0.15, 0.2) is 63.2 Å². The first kappa shape index (κ1) is 19.6. The first-order valence-electron chi connectivity index (χ1n) is 7.89. The van der Waals surface area contributed by atoms with E-state index in [1.165, 1.54) is 11.8 Å². The van der Waals surface area contributed by atoms with Gasteiger partial charge in [0.1, 0.15) is 5.25 Å². The molecule has 0 saturated carbocycles. The van der Waals surface area contributed by atoms with Crippen LogP contribution in [0.5, 0.6) is 0 Å². The largest absolute Gasteiger partial charge is 0.325 e. The Morgan fingerprint density at radius 3 is 2.63 bits per heavy atom. The van der Waals surface area contributed by atoms with Crippen molar-refractivity contribution < 1.29 is 9.59 Å². The number of carbonyl (C=O) groups is 2. The molecule has 0 aromatic heterocycles. The maximum Gasteiger partial charge on any atom is 0.238 e. The predicted octanol–water partition coefficient (Wildman–Crippen LogP) is 4.05. The number of hydrogen-bond acceptors (Lipinski definition) is 5. The molecule has 27 heavy (non-hydrogen) atoms. The minimum Gasteiger partial charge on any atom is -0.325 e. The van der Waals surface area contributed by atoms with Crippen molar-refractivity contribution in [3.8, 4) is 0 Å². The topological polar surface area (TPSA) is 82.9 Å². The van der Waals surface area contributed by atoms with Crippen molar-refractivity contribution in [3.05, 3.63) is 63.6 Å². The molecule has 2 aromatic carbocycles. The van der Waals surface area contributed by atoms with E-state index in [4.69, 9.17) is 11.6 Å². The Morgan fingerprint density at radius 1 is 1.22 bits per heavy atom. The van der Waals surface area contributed by atoms with Crippen LogP contribution in [-0.4, -0.2) is 28.4 Å². The fourth-order valence-electron chi connectivity index (χ4n) is 2.19. The lowest BCUT2D eigenvalue weighted by molar-refractivity contribution is -0.123. The molecule has 2 aromatic rings. The van der Waals surface area contributed by atoms with Crippen molar-refractivity contribution in [1.29, 1.82) is 0 Å². The molecule has 0 radical (unpaired) electrons. The van der Waals surface area contributed by atoms with Gasteiger partial charge in [0.05, 0.1) is 6.21 Å². The van der Waals surface area contributed by atoms with Gasteiger partial charge in [0.2, 0.25) is 11.8 Å². The second-order valence-electron chi connectivity index (χ2n) is 5.56. The molecule has 2 amide bonds. The Bertz CT molecular complexity index is 901. The number of benzene rings is 2. The predicted molar refractivity (Wildman–Crippen MR) is 113 cm³/mol. The second kappa shape index (κ2) is 9.16. The highest BCUT2D eigenvalue weighted by molar-refractivity contribution is 9.10. The highest BCUT2D eigenvalue weighted by atomic mass is 79.9. The highest BCUT2D eigenvalue weighted by Crippen LogP contribution is 2.23. The van der Waals surface area contributed by atoms with E-state index < -0.39 is 5.25 Å². The summed E-state index contributed by atoms with van der Waals surface area (Å²) in [5, 5.41) is 13.7. The minimum absolute atomic E-state index is 0.0763. The second-order valence-corrected chi connectivity index (χ2v) is 8.10. The van der Waals surface area contributed by atoms with Crippen molar-refractivity contribution in [2.45, 2.75) is 11.7 Å². The number of amides is 2. The molecule has 9 heteroatoms. The highest BCUT2D eigenvalue weighted by Gasteiger charge is 2.30. The Hall–Kier alpha value is -2.16. The molecule has 1 atom stereocenters. The van der Waals surface area contributed by atoms with Crippen LogP contribution in [0.4, 0.5) is 5.69 Å². The third-order valence-corrected chi connectivity index (χ3v) is 5.35. The molecule has 3 rings (SSSR count). The van der Waals surface area contributed by atoms with E-state index in [1.54, 1.807) is 42.6 Å². The Kier molecular flexibility index (Phi) is 6.65. The van der Waals surface area contributed by atoms with Gasteiger partial charge in [0.25, 0.3) is 0 Å². The molecule has 1 aliphatic rings. The van der Waals surface area contributed by atoms with Gasteiger partial charge in [-0.3, -0.25) is 9.59 Å². The summed E-state index contributed by atoms with van der Waals surface area (Å²) in [5.74, 6) is -0.531. The number of nitrogens with zero attached hydrogens (tertiary/aromatic N) is 2. The maximum absolute atomic E-state index is 12.4. The maximum atomic E-state index is 12.4. The lowest BCUT2D eigenvalue weighted by Gasteiger charge is -2.21. The first-order chi connectivity index (χ1) is 13.0. The van der Waals surface area contributed by atoms with E-state index in [1.807, 2.05) is 12.1 Å². The third kappa shape index (κ3) is 5.92. The quantitative estimate of drug-likeness (QED) is 0.528. The van der Waals surface area contributed by atoms with Gasteiger partial charge in [-0.05, 0) is 42.0 Å². The number of thioether (sulfide) groups is 1. The molecule has 1 saturated heterocycles. The van der Waals surface area contributed by atoms with Gasteiger partial charge < -0.3 is 10.6 Å². The molecule has 0 aliphatic carbocycles. The van der Waals surface area contributed by atoms with Gasteiger partial charge in [0.15, 0.2) is 5.17 Å². The zero-order valence-corrected chi connectivity index (χ0v) is 17.0. The number of rotatable bonds is 4. The van der Waals surface area contributed by atoms with Crippen molar-refractivity contribution in [2.75, 3.05) is 5.32 Å². The van der Waals surface area contributed by atoms with E-state index >= 15 is 0 Å². The summed E-state index contributed by atoms with van der Waals surface area (Å²) in [6.45, 7) is 0. The van der Waals surface area contributed by atoms with E-state index in [-0.39, 0.29) is 23.4 Å². The van der Waals surface area contributed by atoms with Crippen molar-refractivity contribution >= 4 is 68.2 Å². The van der Waals surface area contributed by atoms with Crippen LogP contribution in [0.2, 0.25) is 5.02 Å². The average Bonchev–Trinajstić information content (AvgIpc) is 2.65. The Morgan fingerprint density at radius 2 is 1.93 bits per heavy atom.